The van der Waals surface area contributed by atoms with Crippen LogP contribution in [0, 0.1) is 0 Å². The van der Waals surface area contributed by atoms with E-state index in [0.29, 0.717) is 19.4 Å². The number of rotatable bonds is 10. The second kappa shape index (κ2) is 10.8. The van der Waals surface area contributed by atoms with Gasteiger partial charge in [0.15, 0.2) is 0 Å². The number of hydrogen-bond donors (Lipinski definition) is 1. The molecule has 0 unspecified atom stereocenters. The first-order chi connectivity index (χ1) is 8.99. The van der Waals surface area contributed by atoms with Gasteiger partial charge in [0.2, 0.25) is 0 Å². The largest absolute Gasteiger partial charge is 0.466 e. The average molecular weight is 274 g/mol. The summed E-state index contributed by atoms with van der Waals surface area (Å²) in [6.07, 6.45) is 2.67. The highest BCUT2D eigenvalue weighted by Gasteiger charge is 2.20. The van der Waals surface area contributed by atoms with Gasteiger partial charge >= 0.3 is 11.9 Å². The molecule has 0 aromatic heterocycles. The molecule has 0 spiro atoms. The summed E-state index contributed by atoms with van der Waals surface area (Å²) in [5.74, 6) is -0.519. The fourth-order valence-electron chi connectivity index (χ4n) is 1.62. The van der Waals surface area contributed by atoms with Crippen molar-refractivity contribution in [1.29, 1.82) is 0 Å². The van der Waals surface area contributed by atoms with Gasteiger partial charge in [0.1, 0.15) is 6.10 Å². The summed E-state index contributed by atoms with van der Waals surface area (Å²) < 4.78 is 10.3. The first kappa shape index (κ1) is 17.9. The van der Waals surface area contributed by atoms with Crippen LogP contribution < -0.4 is 4.90 Å². The van der Waals surface area contributed by atoms with Crippen molar-refractivity contribution >= 4 is 11.9 Å². The van der Waals surface area contributed by atoms with Crippen molar-refractivity contribution in [2.75, 3.05) is 27.2 Å². The average Bonchev–Trinajstić information content (AvgIpc) is 2.33. The zero-order valence-electron chi connectivity index (χ0n) is 12.7. The molecule has 19 heavy (non-hydrogen) atoms. The van der Waals surface area contributed by atoms with Crippen LogP contribution in [0.2, 0.25) is 0 Å². The number of hydrogen-bond acceptors (Lipinski definition) is 4. The van der Waals surface area contributed by atoms with Gasteiger partial charge in [-0.25, -0.2) is 0 Å². The Morgan fingerprint density at radius 2 is 1.84 bits per heavy atom. The molecule has 0 fully saturated rings. The van der Waals surface area contributed by atoms with E-state index >= 15 is 0 Å². The Bertz CT molecular complexity index is 266. The summed E-state index contributed by atoms with van der Waals surface area (Å²) in [5, 5.41) is 0. The molecule has 0 aliphatic rings. The number of quaternary nitrogens is 1. The van der Waals surface area contributed by atoms with Crippen LogP contribution in [0.15, 0.2) is 0 Å². The molecule has 1 atom stereocenters. The van der Waals surface area contributed by atoms with Gasteiger partial charge in [-0.2, -0.15) is 0 Å². The Labute approximate surface area is 116 Å². The number of nitrogens with one attached hydrogen (secondary N) is 1. The molecule has 0 saturated heterocycles. The van der Waals surface area contributed by atoms with Crippen LogP contribution in [0.25, 0.3) is 0 Å². The predicted octanol–water partition coefficient (Wildman–Crippen LogP) is 0.576. The number of carbonyl (C=O) groups is 2. The van der Waals surface area contributed by atoms with Gasteiger partial charge in [0.25, 0.3) is 0 Å². The minimum atomic E-state index is -0.363. The van der Waals surface area contributed by atoms with Gasteiger partial charge in [-0.3, -0.25) is 9.59 Å². The van der Waals surface area contributed by atoms with E-state index in [-0.39, 0.29) is 24.5 Å². The molecule has 0 amide bonds. The minimum Gasteiger partial charge on any atom is -0.466 e. The lowest BCUT2D eigenvalue weighted by molar-refractivity contribution is -0.858. The summed E-state index contributed by atoms with van der Waals surface area (Å²) >= 11 is 0. The first-order valence-electron chi connectivity index (χ1n) is 7.13. The lowest BCUT2D eigenvalue weighted by atomic mass is 10.1. The fourth-order valence-corrected chi connectivity index (χ4v) is 1.62. The van der Waals surface area contributed by atoms with Gasteiger partial charge < -0.3 is 14.4 Å². The van der Waals surface area contributed by atoms with Crippen LogP contribution in [-0.4, -0.2) is 45.3 Å². The third-order valence-corrected chi connectivity index (χ3v) is 2.70. The van der Waals surface area contributed by atoms with Crippen LogP contribution in [0.4, 0.5) is 0 Å². The Balaban J connectivity index is 4.23. The summed E-state index contributed by atoms with van der Waals surface area (Å²) in [5.41, 5.74) is 0. The lowest BCUT2D eigenvalue weighted by Crippen LogP contribution is -3.05. The standard InChI is InChI=1S/C14H27NO4/c1-5-7-8-13(16)19-12(9-10-15(3)4)11-14(17)18-6-2/h12H,5-11H2,1-4H3/p+1/t12-/m0/s1. The highest BCUT2D eigenvalue weighted by Crippen LogP contribution is 2.08. The van der Waals surface area contributed by atoms with E-state index in [9.17, 15) is 9.59 Å². The Morgan fingerprint density at radius 3 is 2.37 bits per heavy atom. The van der Waals surface area contributed by atoms with E-state index in [0.717, 1.165) is 19.4 Å². The molecule has 0 bridgehead atoms. The summed E-state index contributed by atoms with van der Waals surface area (Å²) in [6.45, 7) is 5.00. The van der Waals surface area contributed by atoms with Gasteiger partial charge in [0, 0.05) is 12.8 Å². The summed E-state index contributed by atoms with van der Waals surface area (Å²) in [7, 11) is 4.06. The number of ether oxygens (including phenoxy) is 2. The maximum absolute atomic E-state index is 11.6. The summed E-state index contributed by atoms with van der Waals surface area (Å²) in [6, 6.07) is 0. The molecule has 0 rings (SSSR count). The van der Waals surface area contributed by atoms with Gasteiger partial charge in [0.05, 0.1) is 33.7 Å². The molecular formula is C14H28NO4+. The number of unbranched alkanes of at least 4 members (excludes halogenated alkanes) is 1. The molecule has 5 nitrogen and oxygen atoms in total. The second-order valence-corrected chi connectivity index (χ2v) is 4.97. The van der Waals surface area contributed by atoms with E-state index in [1.807, 2.05) is 21.0 Å². The molecule has 0 heterocycles. The molecule has 1 N–H and O–H groups in total. The molecule has 0 aromatic carbocycles. The van der Waals surface area contributed by atoms with Crippen LogP contribution in [-0.2, 0) is 19.1 Å². The van der Waals surface area contributed by atoms with Crippen LogP contribution in [0.1, 0.15) is 46.0 Å². The quantitative estimate of drug-likeness (QED) is 0.592. The molecule has 112 valence electrons. The van der Waals surface area contributed by atoms with Crippen molar-refractivity contribution in [2.45, 2.75) is 52.1 Å². The summed E-state index contributed by atoms with van der Waals surface area (Å²) in [4.78, 5) is 24.4. The van der Waals surface area contributed by atoms with E-state index in [4.69, 9.17) is 9.47 Å². The van der Waals surface area contributed by atoms with Gasteiger partial charge in [-0.1, -0.05) is 13.3 Å². The first-order valence-corrected chi connectivity index (χ1v) is 7.13. The van der Waals surface area contributed by atoms with Gasteiger partial charge in [-0.15, -0.1) is 0 Å². The van der Waals surface area contributed by atoms with E-state index < -0.39 is 0 Å². The molecule has 0 aliphatic carbocycles. The van der Waals surface area contributed by atoms with Crippen LogP contribution in [0.3, 0.4) is 0 Å². The van der Waals surface area contributed by atoms with Crippen LogP contribution >= 0.6 is 0 Å². The maximum Gasteiger partial charge on any atom is 0.309 e. The Morgan fingerprint density at radius 1 is 1.16 bits per heavy atom. The number of esters is 2. The Hall–Kier alpha value is -1.10. The fraction of sp³-hybridized carbons (Fsp3) is 0.857. The third kappa shape index (κ3) is 10.5. The van der Waals surface area contributed by atoms with Crippen molar-refractivity contribution in [3.63, 3.8) is 0 Å². The molecule has 5 heteroatoms. The zero-order chi connectivity index (χ0) is 14.7. The zero-order valence-corrected chi connectivity index (χ0v) is 12.7. The smallest absolute Gasteiger partial charge is 0.309 e. The SMILES string of the molecule is CCCCC(=O)O[C@@H](CC[NH+](C)C)CC(=O)OCC. The predicted molar refractivity (Wildman–Crippen MR) is 72.9 cm³/mol. The van der Waals surface area contributed by atoms with Crippen LogP contribution in [0.5, 0.6) is 0 Å². The molecule has 0 aliphatic heterocycles. The third-order valence-electron chi connectivity index (χ3n) is 2.70. The maximum atomic E-state index is 11.6. The molecule has 0 saturated carbocycles. The van der Waals surface area contributed by atoms with E-state index in [2.05, 4.69) is 0 Å². The molecule has 0 aromatic rings. The van der Waals surface area contributed by atoms with Crippen molar-refractivity contribution in [2.24, 2.45) is 0 Å². The van der Waals surface area contributed by atoms with Crippen molar-refractivity contribution in [3.05, 3.63) is 0 Å². The van der Waals surface area contributed by atoms with Crippen molar-refractivity contribution in [1.82, 2.24) is 0 Å². The minimum absolute atomic E-state index is 0.152. The van der Waals surface area contributed by atoms with Gasteiger partial charge in [-0.05, 0) is 13.3 Å². The highest BCUT2D eigenvalue weighted by atomic mass is 16.6. The van der Waals surface area contributed by atoms with E-state index in [1.54, 1.807) is 6.92 Å². The molecular weight excluding hydrogens is 246 g/mol. The van der Waals surface area contributed by atoms with Crippen molar-refractivity contribution in [3.8, 4) is 0 Å². The lowest BCUT2D eigenvalue weighted by Gasteiger charge is -2.18. The normalized spacial score (nSPS) is 12.3. The topological polar surface area (TPSA) is 57.0 Å². The Kier molecular flexibility index (Phi) is 10.2. The molecule has 0 radical (unpaired) electrons. The number of carbonyl (C=O) groups excluding carboxylic acids is 2. The second-order valence-electron chi connectivity index (χ2n) is 4.97. The van der Waals surface area contributed by atoms with E-state index in [1.165, 1.54) is 4.90 Å². The highest BCUT2D eigenvalue weighted by molar-refractivity contribution is 5.72. The monoisotopic (exact) mass is 274 g/mol. The van der Waals surface area contributed by atoms with Crippen molar-refractivity contribution < 1.29 is 24.0 Å².